The number of benzene rings is 1. The molecule has 1 aromatic heterocycles. The van der Waals surface area contributed by atoms with E-state index in [0.29, 0.717) is 11.5 Å². The average molecular weight is 338 g/mol. The van der Waals surface area contributed by atoms with Gasteiger partial charge in [0.15, 0.2) is 0 Å². The molecule has 1 aliphatic rings. The van der Waals surface area contributed by atoms with E-state index in [1.54, 1.807) is 6.20 Å². The van der Waals surface area contributed by atoms with Gasteiger partial charge in [-0.2, -0.15) is 0 Å². The summed E-state index contributed by atoms with van der Waals surface area (Å²) in [6.07, 6.45) is 11.2. The molecule has 0 bridgehead atoms. The van der Waals surface area contributed by atoms with Crippen LogP contribution in [0.4, 0.5) is 11.5 Å². The van der Waals surface area contributed by atoms with Crippen LogP contribution in [0.25, 0.3) is 0 Å². The zero-order valence-electron chi connectivity index (χ0n) is 14.8. The topological polar surface area (TPSA) is 66.9 Å². The Bertz CT molecular complexity index is 674. The quantitative estimate of drug-likeness (QED) is 0.801. The van der Waals surface area contributed by atoms with Crippen molar-refractivity contribution in [3.05, 3.63) is 47.9 Å². The van der Waals surface area contributed by atoms with E-state index >= 15 is 0 Å². The van der Waals surface area contributed by atoms with Crippen LogP contribution in [0.3, 0.4) is 0 Å². The van der Waals surface area contributed by atoms with Crippen molar-refractivity contribution in [2.45, 2.75) is 57.9 Å². The van der Waals surface area contributed by atoms with Gasteiger partial charge in [-0.15, -0.1) is 0 Å². The van der Waals surface area contributed by atoms with Crippen molar-refractivity contribution in [1.29, 1.82) is 0 Å². The van der Waals surface area contributed by atoms with E-state index in [4.69, 9.17) is 0 Å². The Kier molecular flexibility index (Phi) is 5.99. The number of anilines is 2. The monoisotopic (exact) mass is 338 g/mol. The Morgan fingerprint density at radius 2 is 1.76 bits per heavy atom. The minimum absolute atomic E-state index is 0.127. The minimum atomic E-state index is -0.127. The summed E-state index contributed by atoms with van der Waals surface area (Å²) in [6, 6.07) is 8.49. The van der Waals surface area contributed by atoms with Gasteiger partial charge in [-0.25, -0.2) is 9.97 Å². The van der Waals surface area contributed by atoms with E-state index in [0.717, 1.165) is 24.9 Å². The summed E-state index contributed by atoms with van der Waals surface area (Å²) in [6.45, 7) is 2.13. The molecule has 0 atom stereocenters. The zero-order valence-corrected chi connectivity index (χ0v) is 14.8. The first-order valence-electron chi connectivity index (χ1n) is 9.23. The van der Waals surface area contributed by atoms with Crippen LogP contribution in [-0.4, -0.2) is 21.9 Å². The molecule has 1 amide bonds. The molecule has 2 aromatic rings. The Labute approximate surface area is 149 Å². The lowest BCUT2D eigenvalue weighted by Crippen LogP contribution is -2.34. The van der Waals surface area contributed by atoms with Gasteiger partial charge in [0.2, 0.25) is 0 Å². The third-order valence-electron chi connectivity index (χ3n) is 4.71. The van der Waals surface area contributed by atoms with Gasteiger partial charge in [0.1, 0.15) is 11.5 Å². The molecule has 1 fully saturated rings. The second kappa shape index (κ2) is 8.60. The number of carbonyl (C=O) groups is 1. The lowest BCUT2D eigenvalue weighted by molar-refractivity contribution is 0.0928. The van der Waals surface area contributed by atoms with E-state index in [1.165, 1.54) is 37.4 Å². The highest BCUT2D eigenvalue weighted by molar-refractivity contribution is 5.92. The van der Waals surface area contributed by atoms with E-state index < -0.39 is 0 Å². The summed E-state index contributed by atoms with van der Waals surface area (Å²) in [4.78, 5) is 20.9. The molecule has 25 heavy (non-hydrogen) atoms. The third-order valence-corrected chi connectivity index (χ3v) is 4.71. The van der Waals surface area contributed by atoms with Crippen molar-refractivity contribution in [2.75, 3.05) is 5.32 Å². The van der Waals surface area contributed by atoms with E-state index in [9.17, 15) is 4.79 Å². The van der Waals surface area contributed by atoms with Crippen molar-refractivity contribution in [1.82, 2.24) is 15.3 Å². The van der Waals surface area contributed by atoms with Crippen LogP contribution in [-0.2, 0) is 6.42 Å². The predicted octanol–water partition coefficient (Wildman–Crippen LogP) is 4.24. The molecule has 2 N–H and O–H groups in total. The van der Waals surface area contributed by atoms with Crippen LogP contribution < -0.4 is 10.6 Å². The third kappa shape index (κ3) is 5.02. The van der Waals surface area contributed by atoms with Crippen LogP contribution in [0.5, 0.6) is 0 Å². The molecular formula is C20H26N4O. The Balaban J connectivity index is 1.57. The second-order valence-corrected chi connectivity index (χ2v) is 6.62. The number of hydrogen-bond donors (Lipinski definition) is 2. The molecule has 1 saturated carbocycles. The number of aryl methyl sites for hydroxylation is 1. The number of amides is 1. The standard InChI is InChI=1S/C20H26N4O/c1-2-15-9-11-17(12-10-15)23-19-14-21-18(13-22-19)20(25)24-16-7-5-3-4-6-8-16/h9-14,16H,2-8H2,1H3,(H,22,23)(H,24,25). The van der Waals surface area contributed by atoms with Crippen molar-refractivity contribution in [3.8, 4) is 0 Å². The smallest absolute Gasteiger partial charge is 0.271 e. The van der Waals surface area contributed by atoms with Gasteiger partial charge < -0.3 is 10.6 Å². The van der Waals surface area contributed by atoms with E-state index in [2.05, 4.69) is 39.7 Å². The van der Waals surface area contributed by atoms with Crippen molar-refractivity contribution >= 4 is 17.4 Å². The lowest BCUT2D eigenvalue weighted by Gasteiger charge is -2.15. The maximum atomic E-state index is 12.3. The molecule has 5 nitrogen and oxygen atoms in total. The molecule has 1 aliphatic carbocycles. The van der Waals surface area contributed by atoms with Crippen LogP contribution in [0.2, 0.25) is 0 Å². The van der Waals surface area contributed by atoms with Crippen LogP contribution in [0.15, 0.2) is 36.7 Å². The number of nitrogens with one attached hydrogen (secondary N) is 2. The van der Waals surface area contributed by atoms with Crippen LogP contribution >= 0.6 is 0 Å². The van der Waals surface area contributed by atoms with Crippen molar-refractivity contribution in [3.63, 3.8) is 0 Å². The summed E-state index contributed by atoms with van der Waals surface area (Å²) in [5.74, 6) is 0.508. The predicted molar refractivity (Wildman–Crippen MR) is 100 cm³/mol. The van der Waals surface area contributed by atoms with E-state index in [-0.39, 0.29) is 11.9 Å². The Morgan fingerprint density at radius 1 is 1.04 bits per heavy atom. The van der Waals surface area contributed by atoms with Crippen molar-refractivity contribution in [2.24, 2.45) is 0 Å². The molecule has 0 spiro atoms. The summed E-state index contributed by atoms with van der Waals surface area (Å²) >= 11 is 0. The molecule has 0 saturated heterocycles. The lowest BCUT2D eigenvalue weighted by atomic mass is 10.1. The maximum absolute atomic E-state index is 12.3. The van der Waals surface area contributed by atoms with Gasteiger partial charge in [-0.3, -0.25) is 4.79 Å². The number of aromatic nitrogens is 2. The number of rotatable bonds is 5. The van der Waals surface area contributed by atoms with Gasteiger partial charge in [-0.1, -0.05) is 44.7 Å². The fraction of sp³-hybridized carbons (Fsp3) is 0.450. The summed E-state index contributed by atoms with van der Waals surface area (Å²) in [5.41, 5.74) is 2.63. The number of nitrogens with zero attached hydrogens (tertiary/aromatic N) is 2. The highest BCUT2D eigenvalue weighted by atomic mass is 16.1. The number of carbonyl (C=O) groups excluding carboxylic acids is 1. The number of hydrogen-bond acceptors (Lipinski definition) is 4. The first-order valence-corrected chi connectivity index (χ1v) is 9.23. The maximum Gasteiger partial charge on any atom is 0.271 e. The first-order chi connectivity index (χ1) is 12.2. The molecule has 1 aromatic carbocycles. The highest BCUT2D eigenvalue weighted by Gasteiger charge is 2.16. The van der Waals surface area contributed by atoms with Gasteiger partial charge >= 0.3 is 0 Å². The molecule has 1 heterocycles. The SMILES string of the molecule is CCc1ccc(Nc2cnc(C(=O)NC3CCCCCC3)cn2)cc1. The van der Waals surface area contributed by atoms with E-state index in [1.807, 2.05) is 12.1 Å². The first kappa shape index (κ1) is 17.4. The molecular weight excluding hydrogens is 312 g/mol. The fourth-order valence-electron chi connectivity index (χ4n) is 3.16. The normalized spacial score (nSPS) is 15.4. The van der Waals surface area contributed by atoms with Gasteiger partial charge in [0, 0.05) is 11.7 Å². The highest BCUT2D eigenvalue weighted by Crippen LogP contribution is 2.18. The minimum Gasteiger partial charge on any atom is -0.348 e. The molecule has 132 valence electrons. The Hall–Kier alpha value is -2.43. The van der Waals surface area contributed by atoms with Gasteiger partial charge in [0.25, 0.3) is 5.91 Å². The molecule has 0 radical (unpaired) electrons. The van der Waals surface area contributed by atoms with Crippen molar-refractivity contribution < 1.29 is 4.79 Å². The molecule has 3 rings (SSSR count). The zero-order chi connectivity index (χ0) is 17.5. The fourth-order valence-corrected chi connectivity index (χ4v) is 3.16. The Morgan fingerprint density at radius 3 is 2.36 bits per heavy atom. The average Bonchev–Trinajstić information content (AvgIpc) is 2.91. The van der Waals surface area contributed by atoms with Crippen LogP contribution in [0, 0.1) is 0 Å². The van der Waals surface area contributed by atoms with Gasteiger partial charge in [0.05, 0.1) is 12.4 Å². The molecule has 5 heteroatoms. The molecule has 0 unspecified atom stereocenters. The van der Waals surface area contributed by atoms with Crippen LogP contribution in [0.1, 0.15) is 61.5 Å². The molecule has 0 aliphatic heterocycles. The summed E-state index contributed by atoms with van der Waals surface area (Å²) in [5, 5.41) is 6.30. The van der Waals surface area contributed by atoms with Gasteiger partial charge in [-0.05, 0) is 37.0 Å². The second-order valence-electron chi connectivity index (χ2n) is 6.62. The summed E-state index contributed by atoms with van der Waals surface area (Å²) < 4.78 is 0. The summed E-state index contributed by atoms with van der Waals surface area (Å²) in [7, 11) is 0. The largest absolute Gasteiger partial charge is 0.348 e.